The van der Waals surface area contributed by atoms with Crippen LogP contribution in [0.2, 0.25) is 0 Å². The summed E-state index contributed by atoms with van der Waals surface area (Å²) in [6.45, 7) is 22.8. The highest BCUT2D eigenvalue weighted by Crippen LogP contribution is 2.24. The second-order valence-electron chi connectivity index (χ2n) is 18.2. The first-order chi connectivity index (χ1) is 34.9. The lowest BCUT2D eigenvalue weighted by Crippen LogP contribution is -2.26. The Bertz CT molecular complexity index is 2380. The fraction of sp³-hybridized carbons (Fsp3) is 0.274. The van der Waals surface area contributed by atoms with Crippen molar-refractivity contribution in [1.29, 1.82) is 0 Å². The summed E-state index contributed by atoms with van der Waals surface area (Å²) in [4.78, 5) is 19.0. The highest BCUT2D eigenvalue weighted by atomic mass is 17.1. The van der Waals surface area contributed by atoms with Crippen molar-refractivity contribution in [3.63, 3.8) is 0 Å². The molecule has 0 aliphatic heterocycles. The summed E-state index contributed by atoms with van der Waals surface area (Å²) in [5.41, 5.74) is 0.702. The molecule has 0 aromatic heterocycles. The zero-order valence-electron chi connectivity index (χ0n) is 46.8. The molecule has 0 heterocycles. The molecule has 7 aromatic carbocycles. The van der Waals surface area contributed by atoms with E-state index < -0.39 is 22.8 Å². The Morgan fingerprint density at radius 1 is 0.377 bits per heavy atom. The van der Waals surface area contributed by atoms with E-state index in [2.05, 4.69) is 9.78 Å². The lowest BCUT2D eigenvalue weighted by molar-refractivity contribution is -0.367. The molecule has 15 heteroatoms. The molecule has 7 rings (SSSR count). The van der Waals surface area contributed by atoms with Crippen LogP contribution in [0.25, 0.3) is 0 Å². The minimum atomic E-state index is -1.10. The van der Waals surface area contributed by atoms with Gasteiger partial charge in [-0.15, -0.1) is 0 Å². The summed E-state index contributed by atoms with van der Waals surface area (Å²) < 4.78 is 25.8. The Hall–Kier alpha value is -7.41. The Morgan fingerprint density at radius 2 is 0.597 bits per heavy atom. The molecule has 15 nitrogen and oxygen atoms in total. The minimum absolute atomic E-state index is 0. The van der Waals surface area contributed by atoms with Gasteiger partial charge in [-0.05, 0) is 75.2 Å². The van der Waals surface area contributed by atoms with Gasteiger partial charge in [-0.25, -0.2) is 18.6 Å². The lowest BCUT2D eigenvalue weighted by atomic mass is 9.99. The molecule has 0 aliphatic rings. The van der Waals surface area contributed by atoms with E-state index in [0.29, 0.717) is 17.2 Å². The van der Waals surface area contributed by atoms with E-state index in [-0.39, 0.29) is 22.4 Å². The summed E-state index contributed by atoms with van der Waals surface area (Å²) >= 11 is 0. The molecular formula is C62H85O15+3. The number of carbonyl (C=O) groups excluding carboxylic acids is 3. The fourth-order valence-electron chi connectivity index (χ4n) is 5.44. The van der Waals surface area contributed by atoms with Crippen molar-refractivity contribution in [1.82, 2.24) is 0 Å². The maximum Gasteiger partial charge on any atom is 0.352 e. The third-order valence-corrected chi connectivity index (χ3v) is 8.75. The molecule has 0 spiro atoms. The highest BCUT2D eigenvalue weighted by molar-refractivity contribution is 5.73. The number of benzene rings is 7. The van der Waals surface area contributed by atoms with Gasteiger partial charge in [-0.2, -0.15) is 0 Å². The average Bonchev–Trinajstić information content (AvgIpc) is 3.36. The molecule has 0 fully saturated rings. The van der Waals surface area contributed by atoms with E-state index >= 15 is 0 Å². The molecule has 0 atom stereocenters. The number of esters is 1. The van der Waals surface area contributed by atoms with Crippen LogP contribution in [0.15, 0.2) is 212 Å². The van der Waals surface area contributed by atoms with Gasteiger partial charge in [0.25, 0.3) is 0 Å². The van der Waals surface area contributed by atoms with E-state index in [9.17, 15) is 15.0 Å². The number of ether oxygens (including phenoxy) is 3. The van der Waals surface area contributed by atoms with Crippen LogP contribution in [-0.4, -0.2) is 60.8 Å². The van der Waals surface area contributed by atoms with Gasteiger partial charge in [0.05, 0.1) is 0 Å². The monoisotopic (exact) mass is 1070 g/mol. The molecule has 7 aromatic rings. The quantitative estimate of drug-likeness (QED) is 0.0238. The third-order valence-electron chi connectivity index (χ3n) is 8.75. The van der Waals surface area contributed by atoms with Gasteiger partial charge in [-0.3, -0.25) is 15.3 Å². The maximum atomic E-state index is 10.4. The molecule has 0 saturated heterocycles. The van der Waals surface area contributed by atoms with Gasteiger partial charge < -0.3 is 40.9 Å². The second kappa shape index (κ2) is 39.9. The molecule has 11 N–H and O–H groups in total. The Morgan fingerprint density at radius 3 is 0.805 bits per heavy atom. The Balaban J connectivity index is -0.000000825. The summed E-state index contributed by atoms with van der Waals surface area (Å²) in [5, 5.41) is 35.6. The predicted octanol–water partition coefficient (Wildman–Crippen LogP) is 12.5. The largest absolute Gasteiger partial charge is 0.463 e. The molecule has 0 radical (unpaired) electrons. The molecule has 0 unspecified atom stereocenters. The van der Waals surface area contributed by atoms with E-state index in [1.165, 1.54) is 6.92 Å². The average molecular weight is 1070 g/mol. The first kappa shape index (κ1) is 73.8. The van der Waals surface area contributed by atoms with E-state index in [4.69, 9.17) is 33.6 Å². The topological polar surface area (TPSA) is 263 Å². The van der Waals surface area contributed by atoms with Crippen molar-refractivity contribution in [3.8, 4) is 28.7 Å². The van der Waals surface area contributed by atoms with E-state index in [1.54, 1.807) is 64.1 Å². The lowest BCUT2D eigenvalue weighted by Gasteiger charge is -2.20. The number of aliphatic hydroxyl groups is 2. The summed E-state index contributed by atoms with van der Waals surface area (Å²) in [6.07, 6.45) is 0. The third kappa shape index (κ3) is 38.8. The first-order valence-electron chi connectivity index (χ1n) is 23.8. The van der Waals surface area contributed by atoms with Crippen LogP contribution in [0.5, 0.6) is 28.7 Å². The van der Waals surface area contributed by atoms with Crippen molar-refractivity contribution in [2.75, 3.05) is 0 Å². The Kier molecular flexibility index (Phi) is 38.3. The molecule has 0 amide bonds. The first-order valence-corrected chi connectivity index (χ1v) is 23.8. The van der Waals surface area contributed by atoms with Gasteiger partial charge in [0, 0.05) is 86.6 Å². The van der Waals surface area contributed by atoms with Crippen LogP contribution in [0.4, 0.5) is 0 Å². The molecular weight excluding hydrogens is 985 g/mol. The van der Waals surface area contributed by atoms with Crippen LogP contribution < -0.4 is 14.2 Å². The smallest absolute Gasteiger partial charge is 0.352 e. The zero-order valence-corrected chi connectivity index (χ0v) is 46.8. The van der Waals surface area contributed by atoms with Crippen LogP contribution in [0.1, 0.15) is 101 Å². The van der Waals surface area contributed by atoms with Crippen LogP contribution in [0.3, 0.4) is 0 Å². The SMILES string of the molecule is CC(=O)Oc1ccccc1.CC(C)(O)Oc1ccccc1.CC(C)(O)Oc1ccccc1.CC(C)(OO)c1ccccc1.CC(C)(OO)c1ccccc1.CC(C)=[O+]c1ccccc1.CC(C)=[O+]c1ccccc1.O.O.[OH3+]. The van der Waals surface area contributed by atoms with Crippen molar-refractivity contribution in [2.45, 2.75) is 113 Å². The molecule has 77 heavy (non-hydrogen) atoms. The highest BCUT2D eigenvalue weighted by Gasteiger charge is 2.21. The molecule has 420 valence electrons. The number of carbonyl (C=O) groups is 1. The number of ketones is 2. The number of hydrogen-bond donors (Lipinski definition) is 4. The molecule has 0 bridgehead atoms. The summed E-state index contributed by atoms with van der Waals surface area (Å²) in [5.74, 6) is 3.21. The van der Waals surface area contributed by atoms with Gasteiger partial charge in [0.1, 0.15) is 28.5 Å². The number of rotatable bonds is 11. The van der Waals surface area contributed by atoms with Crippen LogP contribution >= 0.6 is 0 Å². The normalized spacial score (nSPS) is 9.99. The van der Waals surface area contributed by atoms with E-state index in [0.717, 1.165) is 34.2 Å². The second-order valence-corrected chi connectivity index (χ2v) is 18.2. The van der Waals surface area contributed by atoms with Crippen molar-refractivity contribution < 1.29 is 74.8 Å². The van der Waals surface area contributed by atoms with E-state index in [1.807, 2.05) is 231 Å². The summed E-state index contributed by atoms with van der Waals surface area (Å²) in [7, 11) is 0. The van der Waals surface area contributed by atoms with Crippen LogP contribution in [-0.2, 0) is 40.1 Å². The number of para-hydroxylation sites is 5. The van der Waals surface area contributed by atoms with Gasteiger partial charge >= 0.3 is 29.0 Å². The Labute approximate surface area is 455 Å². The van der Waals surface area contributed by atoms with Crippen molar-refractivity contribution >= 4 is 17.5 Å². The zero-order chi connectivity index (χ0) is 55.5. The summed E-state index contributed by atoms with van der Waals surface area (Å²) in [6, 6.07) is 66.1. The van der Waals surface area contributed by atoms with Gasteiger partial charge in [-0.1, -0.05) is 152 Å². The molecule has 0 saturated carbocycles. The van der Waals surface area contributed by atoms with Crippen molar-refractivity contribution in [3.05, 3.63) is 223 Å². The standard InChI is InChI=1S/4C9H12O2.2C9H11O.C8H8O2.3H2O/c2*1-9(2,10)11-8-6-4-3-5-7-8;2*1-9(2,11-10)8-6-4-3-5-7-8;2*1-8(2)10-9-6-4-3-5-7-9;1-7(9)10-8-5-3-2-4-6-8;;;/h4*3-7,10H,1-2H3;2*3-7H,1-2H3;2-6H,1H3;3*1H2/q;;;;2*+1;;;;/p+1. The van der Waals surface area contributed by atoms with Crippen molar-refractivity contribution in [2.24, 2.45) is 0 Å². The fourth-order valence-corrected chi connectivity index (χ4v) is 5.44. The van der Waals surface area contributed by atoms with Crippen LogP contribution in [0, 0.1) is 0 Å². The van der Waals surface area contributed by atoms with Gasteiger partial charge in [0.15, 0.2) is 0 Å². The molecule has 0 aliphatic carbocycles. The number of hydrogen-bond acceptors (Lipinski definition) is 10. The minimum Gasteiger partial charge on any atom is -0.463 e. The van der Waals surface area contributed by atoms with Gasteiger partial charge in [0.2, 0.25) is 11.6 Å². The maximum absolute atomic E-state index is 10.4. The predicted molar refractivity (Wildman–Crippen MR) is 307 cm³/mol.